The first-order valence-electron chi connectivity index (χ1n) is 4.98. The molecule has 0 radical (unpaired) electrons. The zero-order valence-corrected chi connectivity index (χ0v) is 8.84. The Kier molecular flexibility index (Phi) is 2.49. The van der Waals surface area contributed by atoms with Gasteiger partial charge in [-0.3, -0.25) is 4.79 Å². The van der Waals surface area contributed by atoms with Gasteiger partial charge in [0.1, 0.15) is 11.3 Å². The maximum Gasteiger partial charge on any atom is 0.131 e. The van der Waals surface area contributed by atoms with Crippen molar-refractivity contribution in [1.82, 2.24) is 15.0 Å². The van der Waals surface area contributed by atoms with Crippen LogP contribution in [0.15, 0.2) is 24.3 Å². The van der Waals surface area contributed by atoms with E-state index < -0.39 is 0 Å². The van der Waals surface area contributed by atoms with Gasteiger partial charge in [0.25, 0.3) is 0 Å². The van der Waals surface area contributed by atoms with E-state index in [-0.39, 0.29) is 11.8 Å². The topological polar surface area (TPSA) is 47.8 Å². The van der Waals surface area contributed by atoms with Gasteiger partial charge in [0, 0.05) is 6.42 Å². The van der Waals surface area contributed by atoms with E-state index in [9.17, 15) is 4.79 Å². The molecule has 2 rings (SSSR count). The summed E-state index contributed by atoms with van der Waals surface area (Å²) in [5, 5.41) is 8.11. The molecule has 1 aromatic carbocycles. The van der Waals surface area contributed by atoms with Crippen LogP contribution in [0.2, 0.25) is 0 Å². The third-order valence-corrected chi connectivity index (χ3v) is 2.38. The summed E-state index contributed by atoms with van der Waals surface area (Å²) in [4.78, 5) is 11.0. The monoisotopic (exact) mass is 203 g/mol. The molecule has 15 heavy (non-hydrogen) atoms. The van der Waals surface area contributed by atoms with E-state index in [0.29, 0.717) is 6.42 Å². The molecule has 0 spiro atoms. The molecular weight excluding hydrogens is 190 g/mol. The van der Waals surface area contributed by atoms with Gasteiger partial charge in [-0.15, -0.1) is 5.10 Å². The second-order valence-corrected chi connectivity index (χ2v) is 3.78. The van der Waals surface area contributed by atoms with Crippen molar-refractivity contribution in [3.05, 3.63) is 24.3 Å². The minimum absolute atomic E-state index is 0.0647. The van der Waals surface area contributed by atoms with Gasteiger partial charge in [0.15, 0.2) is 0 Å². The summed E-state index contributed by atoms with van der Waals surface area (Å²) >= 11 is 0. The minimum atomic E-state index is 0.0647. The molecular formula is C11H13N3O. The van der Waals surface area contributed by atoms with E-state index in [4.69, 9.17) is 0 Å². The number of hydrogen-bond acceptors (Lipinski definition) is 3. The van der Waals surface area contributed by atoms with E-state index in [0.717, 1.165) is 11.0 Å². The predicted octanol–water partition coefficient (Wildman–Crippen LogP) is 1.97. The molecule has 1 atom stereocenters. The summed E-state index contributed by atoms with van der Waals surface area (Å²) in [6, 6.07) is 7.82. The highest BCUT2D eigenvalue weighted by Crippen LogP contribution is 2.17. The standard InChI is InChI=1S/C11H13N3O/c1-8(7-9(2)15)14-11-6-4-3-5-10(11)12-13-14/h3-6,8H,7H2,1-2H3. The first kappa shape index (κ1) is 9.83. The van der Waals surface area contributed by atoms with E-state index in [1.165, 1.54) is 0 Å². The Morgan fingerprint density at radius 2 is 2.20 bits per heavy atom. The number of Topliss-reactive ketones (excluding diaryl/α,β-unsaturated/α-hetero) is 1. The van der Waals surface area contributed by atoms with Crippen LogP contribution in [0, 0.1) is 0 Å². The van der Waals surface area contributed by atoms with Crippen LogP contribution in [0.1, 0.15) is 26.3 Å². The summed E-state index contributed by atoms with van der Waals surface area (Å²) in [6.45, 7) is 3.57. The average Bonchev–Trinajstić information content (AvgIpc) is 2.59. The molecule has 1 heterocycles. The molecule has 0 aliphatic rings. The zero-order chi connectivity index (χ0) is 10.8. The smallest absolute Gasteiger partial charge is 0.131 e. The van der Waals surface area contributed by atoms with Crippen LogP contribution in [0.3, 0.4) is 0 Å². The van der Waals surface area contributed by atoms with E-state index in [1.54, 1.807) is 11.6 Å². The molecule has 0 aliphatic carbocycles. The lowest BCUT2D eigenvalue weighted by atomic mass is 10.2. The minimum Gasteiger partial charge on any atom is -0.300 e. The van der Waals surface area contributed by atoms with Crippen molar-refractivity contribution in [3.8, 4) is 0 Å². The number of aromatic nitrogens is 3. The molecule has 0 bridgehead atoms. The number of benzene rings is 1. The summed E-state index contributed by atoms with van der Waals surface area (Å²) < 4.78 is 1.80. The van der Waals surface area contributed by atoms with Gasteiger partial charge in [-0.1, -0.05) is 17.3 Å². The molecule has 0 N–H and O–H groups in total. The van der Waals surface area contributed by atoms with Crippen LogP contribution in [-0.2, 0) is 4.79 Å². The maximum atomic E-state index is 11.0. The Balaban J connectivity index is 2.39. The van der Waals surface area contributed by atoms with Crippen molar-refractivity contribution in [2.24, 2.45) is 0 Å². The van der Waals surface area contributed by atoms with Crippen molar-refractivity contribution in [2.45, 2.75) is 26.3 Å². The Labute approximate surface area is 87.9 Å². The van der Waals surface area contributed by atoms with Gasteiger partial charge in [-0.25, -0.2) is 4.68 Å². The van der Waals surface area contributed by atoms with Gasteiger partial charge < -0.3 is 0 Å². The predicted molar refractivity (Wildman–Crippen MR) is 57.5 cm³/mol. The highest BCUT2D eigenvalue weighted by atomic mass is 16.1. The van der Waals surface area contributed by atoms with Crippen LogP contribution in [0.5, 0.6) is 0 Å². The van der Waals surface area contributed by atoms with Crippen LogP contribution in [-0.4, -0.2) is 20.8 Å². The lowest BCUT2D eigenvalue weighted by Gasteiger charge is -2.09. The lowest BCUT2D eigenvalue weighted by molar-refractivity contribution is -0.117. The Hall–Kier alpha value is -1.71. The van der Waals surface area contributed by atoms with Crippen molar-refractivity contribution in [1.29, 1.82) is 0 Å². The van der Waals surface area contributed by atoms with E-state index in [1.807, 2.05) is 31.2 Å². The number of ketones is 1. The Morgan fingerprint density at radius 3 is 2.93 bits per heavy atom. The summed E-state index contributed by atoms with van der Waals surface area (Å²) in [5.74, 6) is 0.169. The summed E-state index contributed by atoms with van der Waals surface area (Å²) in [7, 11) is 0. The average molecular weight is 203 g/mol. The number of rotatable bonds is 3. The molecule has 78 valence electrons. The highest BCUT2D eigenvalue weighted by Gasteiger charge is 2.12. The van der Waals surface area contributed by atoms with E-state index in [2.05, 4.69) is 10.3 Å². The molecule has 0 saturated heterocycles. The fourth-order valence-corrected chi connectivity index (χ4v) is 1.72. The third-order valence-electron chi connectivity index (χ3n) is 2.38. The van der Waals surface area contributed by atoms with Crippen LogP contribution in [0.25, 0.3) is 11.0 Å². The van der Waals surface area contributed by atoms with Crippen molar-refractivity contribution >= 4 is 16.8 Å². The normalized spacial score (nSPS) is 12.9. The first-order chi connectivity index (χ1) is 7.18. The number of fused-ring (bicyclic) bond motifs is 1. The number of para-hydroxylation sites is 1. The van der Waals surface area contributed by atoms with Gasteiger partial charge in [0.2, 0.25) is 0 Å². The Morgan fingerprint density at radius 1 is 1.47 bits per heavy atom. The second kappa shape index (κ2) is 3.81. The summed E-state index contributed by atoms with van der Waals surface area (Å²) in [6.07, 6.45) is 0.493. The zero-order valence-electron chi connectivity index (χ0n) is 8.84. The molecule has 2 aromatic rings. The van der Waals surface area contributed by atoms with Gasteiger partial charge in [0.05, 0.1) is 11.6 Å². The van der Waals surface area contributed by atoms with Gasteiger partial charge in [-0.05, 0) is 26.0 Å². The largest absolute Gasteiger partial charge is 0.300 e. The van der Waals surface area contributed by atoms with E-state index >= 15 is 0 Å². The number of carbonyl (C=O) groups excluding carboxylic acids is 1. The maximum absolute atomic E-state index is 11.0. The van der Waals surface area contributed by atoms with Crippen LogP contribution in [0.4, 0.5) is 0 Å². The quantitative estimate of drug-likeness (QED) is 0.766. The summed E-state index contributed by atoms with van der Waals surface area (Å²) in [5.41, 5.74) is 1.85. The highest BCUT2D eigenvalue weighted by molar-refractivity contribution is 5.77. The fourth-order valence-electron chi connectivity index (χ4n) is 1.72. The molecule has 4 nitrogen and oxygen atoms in total. The van der Waals surface area contributed by atoms with Crippen LogP contribution < -0.4 is 0 Å². The molecule has 0 aliphatic heterocycles. The molecule has 0 saturated carbocycles. The number of hydrogen-bond donors (Lipinski definition) is 0. The molecule has 1 aromatic heterocycles. The van der Waals surface area contributed by atoms with Crippen molar-refractivity contribution in [3.63, 3.8) is 0 Å². The molecule has 4 heteroatoms. The Bertz CT molecular complexity index is 489. The fraction of sp³-hybridized carbons (Fsp3) is 0.364. The number of carbonyl (C=O) groups is 1. The number of nitrogens with zero attached hydrogens (tertiary/aromatic N) is 3. The van der Waals surface area contributed by atoms with Gasteiger partial charge in [-0.2, -0.15) is 0 Å². The second-order valence-electron chi connectivity index (χ2n) is 3.78. The van der Waals surface area contributed by atoms with Gasteiger partial charge >= 0.3 is 0 Å². The van der Waals surface area contributed by atoms with Crippen LogP contribution >= 0.6 is 0 Å². The third kappa shape index (κ3) is 1.88. The van der Waals surface area contributed by atoms with Crippen molar-refractivity contribution in [2.75, 3.05) is 0 Å². The SMILES string of the molecule is CC(=O)CC(C)n1nnc2ccccc21. The molecule has 1 unspecified atom stereocenters. The first-order valence-corrected chi connectivity index (χ1v) is 4.98. The molecule has 0 amide bonds. The molecule has 0 fully saturated rings. The lowest BCUT2D eigenvalue weighted by Crippen LogP contribution is -2.10. The van der Waals surface area contributed by atoms with Crippen molar-refractivity contribution < 1.29 is 4.79 Å².